The van der Waals surface area contributed by atoms with Gasteiger partial charge in [-0.2, -0.15) is 0 Å². The highest BCUT2D eigenvalue weighted by Crippen LogP contribution is 2.12. The topological polar surface area (TPSA) is 237 Å². The SMILES string of the molecule is CCC(C)C(NC(=O)C(CC(=O)O)NC(=O)C(Cc1cnc[nH]1)NC(=O)C(N)Cc1ccc(O)cc1)C(=O)O. The van der Waals surface area contributed by atoms with Gasteiger partial charge in [0.15, 0.2) is 0 Å². The molecule has 2 aromatic rings. The lowest BCUT2D eigenvalue weighted by atomic mass is 9.98. The number of amides is 3. The molecule has 5 unspecified atom stereocenters. The quantitative estimate of drug-likeness (QED) is 0.140. The number of nitrogens with one attached hydrogen (secondary N) is 4. The number of benzene rings is 1. The molecule has 0 saturated carbocycles. The second kappa shape index (κ2) is 14.5. The van der Waals surface area contributed by atoms with Crippen LogP contribution in [0.3, 0.4) is 0 Å². The van der Waals surface area contributed by atoms with Crippen LogP contribution in [0, 0.1) is 5.92 Å². The van der Waals surface area contributed by atoms with Crippen molar-refractivity contribution in [1.29, 1.82) is 0 Å². The lowest BCUT2D eigenvalue weighted by Gasteiger charge is -2.26. The maximum absolute atomic E-state index is 13.2. The summed E-state index contributed by atoms with van der Waals surface area (Å²) in [5, 5.41) is 35.3. The summed E-state index contributed by atoms with van der Waals surface area (Å²) in [4.78, 5) is 68.6. The standard InChI is InChI=1S/C25H34N6O8/c1-3-13(2)21(25(38)39)31-24(37)19(10-20(33)34)30-23(36)18(9-15-11-27-12-28-15)29-22(35)17(26)8-14-4-6-16(32)7-5-14/h4-7,11-13,17-19,21,32H,3,8-10,26H2,1-2H3,(H,27,28)(H,29,35)(H,30,36)(H,31,37)(H,33,34)(H,38,39). The van der Waals surface area contributed by atoms with Gasteiger partial charge in [-0.3, -0.25) is 19.2 Å². The lowest BCUT2D eigenvalue weighted by Crippen LogP contribution is -2.58. The molecular formula is C25H34N6O8. The van der Waals surface area contributed by atoms with Gasteiger partial charge in [0.25, 0.3) is 0 Å². The fourth-order valence-electron chi connectivity index (χ4n) is 3.68. The highest BCUT2D eigenvalue weighted by molar-refractivity contribution is 5.95. The van der Waals surface area contributed by atoms with Crippen molar-refractivity contribution < 1.29 is 39.3 Å². The van der Waals surface area contributed by atoms with Crippen molar-refractivity contribution in [2.24, 2.45) is 11.7 Å². The van der Waals surface area contributed by atoms with Crippen LogP contribution < -0.4 is 21.7 Å². The Balaban J connectivity index is 2.19. The first kappa shape index (κ1) is 30.8. The predicted molar refractivity (Wildman–Crippen MR) is 137 cm³/mol. The Hall–Kier alpha value is -4.46. The zero-order valence-electron chi connectivity index (χ0n) is 21.6. The molecule has 1 aromatic carbocycles. The Morgan fingerprint density at radius 1 is 0.949 bits per heavy atom. The molecule has 212 valence electrons. The van der Waals surface area contributed by atoms with Crippen molar-refractivity contribution in [1.82, 2.24) is 25.9 Å². The van der Waals surface area contributed by atoms with Gasteiger partial charge >= 0.3 is 11.9 Å². The van der Waals surface area contributed by atoms with Crippen molar-refractivity contribution in [3.05, 3.63) is 48.0 Å². The second-order valence-corrected chi connectivity index (χ2v) is 9.19. The number of carboxylic acid groups (broad SMARTS) is 2. The van der Waals surface area contributed by atoms with Crippen LogP contribution in [0.25, 0.3) is 0 Å². The van der Waals surface area contributed by atoms with Crippen LogP contribution in [-0.2, 0) is 36.8 Å². The fourth-order valence-corrected chi connectivity index (χ4v) is 3.68. The number of H-pyrrole nitrogens is 1. The van der Waals surface area contributed by atoms with E-state index in [0.717, 1.165) is 0 Å². The van der Waals surface area contributed by atoms with E-state index >= 15 is 0 Å². The van der Waals surface area contributed by atoms with E-state index in [4.69, 9.17) is 5.73 Å². The first-order valence-corrected chi connectivity index (χ1v) is 12.3. The Labute approximate surface area is 224 Å². The van der Waals surface area contributed by atoms with Crippen molar-refractivity contribution in [3.63, 3.8) is 0 Å². The first-order valence-electron chi connectivity index (χ1n) is 12.3. The number of nitrogens with two attached hydrogens (primary N) is 1. The number of imidazole rings is 1. The van der Waals surface area contributed by atoms with Crippen molar-refractivity contribution in [2.45, 2.75) is 63.7 Å². The number of aromatic nitrogens is 2. The number of carboxylic acids is 2. The average Bonchev–Trinajstić information content (AvgIpc) is 3.39. The van der Waals surface area contributed by atoms with E-state index in [-0.39, 0.29) is 18.6 Å². The average molecular weight is 547 g/mol. The van der Waals surface area contributed by atoms with Gasteiger partial charge in [-0.15, -0.1) is 0 Å². The summed E-state index contributed by atoms with van der Waals surface area (Å²) in [6.45, 7) is 3.35. The minimum absolute atomic E-state index is 0.0480. The molecule has 9 N–H and O–H groups in total. The monoisotopic (exact) mass is 546 g/mol. The summed E-state index contributed by atoms with van der Waals surface area (Å²) in [5.41, 5.74) is 7.15. The summed E-state index contributed by atoms with van der Waals surface area (Å²) < 4.78 is 0. The maximum atomic E-state index is 13.2. The first-order chi connectivity index (χ1) is 18.4. The smallest absolute Gasteiger partial charge is 0.326 e. The Kier molecular flexibility index (Phi) is 11.4. The van der Waals surface area contributed by atoms with Gasteiger partial charge in [-0.05, 0) is 30.0 Å². The maximum Gasteiger partial charge on any atom is 0.326 e. The number of aromatic amines is 1. The molecule has 14 heteroatoms. The van der Waals surface area contributed by atoms with Gasteiger partial charge in [0.05, 0.1) is 18.8 Å². The summed E-state index contributed by atoms with van der Waals surface area (Å²) >= 11 is 0. The van der Waals surface area contributed by atoms with E-state index in [1.54, 1.807) is 26.0 Å². The molecule has 0 spiro atoms. The van der Waals surface area contributed by atoms with E-state index in [1.807, 2.05) is 0 Å². The molecule has 0 fully saturated rings. The molecule has 1 aromatic heterocycles. The molecule has 0 aliphatic heterocycles. The number of carbonyl (C=O) groups is 5. The fraction of sp³-hybridized carbons (Fsp3) is 0.440. The number of aliphatic carboxylic acids is 2. The molecule has 0 radical (unpaired) electrons. The van der Waals surface area contributed by atoms with Crippen molar-refractivity contribution in [3.8, 4) is 5.75 Å². The van der Waals surface area contributed by atoms with Crippen LogP contribution in [0.15, 0.2) is 36.8 Å². The largest absolute Gasteiger partial charge is 0.508 e. The Morgan fingerprint density at radius 3 is 2.10 bits per heavy atom. The number of phenolic OH excluding ortho intramolecular Hbond substituents is 1. The van der Waals surface area contributed by atoms with Crippen LogP contribution in [0.5, 0.6) is 5.75 Å². The molecule has 3 amide bonds. The summed E-state index contributed by atoms with van der Waals surface area (Å²) in [6, 6.07) is 0.805. The van der Waals surface area contributed by atoms with Crippen LogP contribution in [0.1, 0.15) is 37.9 Å². The number of phenols is 1. The van der Waals surface area contributed by atoms with E-state index in [2.05, 4.69) is 25.9 Å². The summed E-state index contributed by atoms with van der Waals surface area (Å²) in [7, 11) is 0. The molecule has 0 aliphatic carbocycles. The third-order valence-electron chi connectivity index (χ3n) is 6.13. The molecule has 5 atom stereocenters. The van der Waals surface area contributed by atoms with Gasteiger partial charge in [-0.25, -0.2) is 9.78 Å². The highest BCUT2D eigenvalue weighted by atomic mass is 16.4. The molecular weight excluding hydrogens is 512 g/mol. The van der Waals surface area contributed by atoms with Gasteiger partial charge < -0.3 is 42.0 Å². The van der Waals surface area contributed by atoms with Gasteiger partial charge in [0, 0.05) is 18.3 Å². The van der Waals surface area contributed by atoms with E-state index in [9.17, 15) is 39.3 Å². The van der Waals surface area contributed by atoms with Crippen LogP contribution in [0.4, 0.5) is 0 Å². The molecule has 0 saturated heterocycles. The number of carbonyl (C=O) groups excluding carboxylic acids is 3. The number of hydrogen-bond acceptors (Lipinski definition) is 8. The minimum Gasteiger partial charge on any atom is -0.508 e. The van der Waals surface area contributed by atoms with E-state index in [1.165, 1.54) is 24.7 Å². The zero-order valence-corrected chi connectivity index (χ0v) is 21.6. The van der Waals surface area contributed by atoms with Crippen molar-refractivity contribution in [2.75, 3.05) is 0 Å². The molecule has 0 aliphatic rings. The lowest BCUT2D eigenvalue weighted by molar-refractivity contribution is -0.144. The van der Waals surface area contributed by atoms with E-state index in [0.29, 0.717) is 17.7 Å². The number of nitrogens with zero attached hydrogens (tertiary/aromatic N) is 1. The normalized spacial score (nSPS) is 14.7. The predicted octanol–water partition coefficient (Wildman–Crippen LogP) is -0.712. The molecule has 39 heavy (non-hydrogen) atoms. The summed E-state index contributed by atoms with van der Waals surface area (Å²) in [6.07, 6.45) is 2.40. The van der Waals surface area contributed by atoms with Crippen LogP contribution >= 0.6 is 0 Å². The number of hydrogen-bond donors (Lipinski definition) is 8. The van der Waals surface area contributed by atoms with Crippen LogP contribution in [-0.4, -0.2) is 79.1 Å². The minimum atomic E-state index is -1.62. The zero-order chi connectivity index (χ0) is 29.1. The Bertz CT molecular complexity index is 1140. The van der Waals surface area contributed by atoms with Gasteiger partial charge in [-0.1, -0.05) is 32.4 Å². The third kappa shape index (κ3) is 9.74. The van der Waals surface area contributed by atoms with Crippen molar-refractivity contribution >= 4 is 29.7 Å². The second-order valence-electron chi connectivity index (χ2n) is 9.19. The number of aromatic hydroxyl groups is 1. The molecule has 1 heterocycles. The number of rotatable bonds is 15. The van der Waals surface area contributed by atoms with E-state index < -0.39 is 66.2 Å². The van der Waals surface area contributed by atoms with Gasteiger partial charge in [0.1, 0.15) is 23.9 Å². The highest BCUT2D eigenvalue weighted by Gasteiger charge is 2.33. The van der Waals surface area contributed by atoms with Crippen LogP contribution in [0.2, 0.25) is 0 Å². The molecule has 2 rings (SSSR count). The molecule has 0 bridgehead atoms. The van der Waals surface area contributed by atoms with Gasteiger partial charge in [0.2, 0.25) is 17.7 Å². The Morgan fingerprint density at radius 2 is 1.56 bits per heavy atom. The summed E-state index contributed by atoms with van der Waals surface area (Å²) in [5.74, 6) is -5.69. The third-order valence-corrected chi connectivity index (χ3v) is 6.13. The molecule has 14 nitrogen and oxygen atoms in total.